The Kier molecular flexibility index (Phi) is 4.63. The third kappa shape index (κ3) is 3.32. The van der Waals surface area contributed by atoms with Crippen LogP contribution in [0.4, 0.5) is 0 Å². The summed E-state index contributed by atoms with van der Waals surface area (Å²) in [4.78, 5) is 31.0. The summed E-state index contributed by atoms with van der Waals surface area (Å²) in [6, 6.07) is 5.77. The van der Waals surface area contributed by atoms with Crippen molar-refractivity contribution in [2.75, 3.05) is 20.2 Å². The molecule has 27 heavy (non-hydrogen) atoms. The van der Waals surface area contributed by atoms with E-state index in [2.05, 4.69) is 10.3 Å². The van der Waals surface area contributed by atoms with Crippen LogP contribution in [-0.2, 0) is 16.6 Å². The monoisotopic (exact) mass is 370 g/mol. The molecule has 144 valence electrons. The van der Waals surface area contributed by atoms with Gasteiger partial charge < -0.3 is 19.5 Å². The molecule has 1 saturated carbocycles. The van der Waals surface area contributed by atoms with Gasteiger partial charge in [0.05, 0.1) is 12.1 Å². The van der Waals surface area contributed by atoms with Crippen LogP contribution in [0.2, 0.25) is 0 Å². The molecule has 1 N–H and O–H groups in total. The number of rotatable bonds is 3. The van der Waals surface area contributed by atoms with Gasteiger partial charge >= 0.3 is 0 Å². The van der Waals surface area contributed by atoms with Gasteiger partial charge in [-0.05, 0) is 42.9 Å². The highest BCUT2D eigenvalue weighted by molar-refractivity contribution is 5.94. The molecular formula is C20H26N4O3. The number of likely N-dealkylation sites (tertiary alicyclic amines) is 1. The van der Waals surface area contributed by atoms with Crippen LogP contribution < -0.4 is 5.32 Å². The smallest absolute Gasteiger partial charge is 0.272 e. The molecule has 4 rings (SSSR count). The van der Waals surface area contributed by atoms with Gasteiger partial charge in [-0.25, -0.2) is 4.98 Å². The quantitative estimate of drug-likeness (QED) is 0.890. The molecule has 4 atom stereocenters. The fourth-order valence-corrected chi connectivity index (χ4v) is 4.67. The van der Waals surface area contributed by atoms with Gasteiger partial charge in [-0.2, -0.15) is 0 Å². The van der Waals surface area contributed by atoms with Crippen LogP contribution in [0.5, 0.6) is 0 Å². The molecule has 7 nitrogen and oxygen atoms in total. The lowest BCUT2D eigenvalue weighted by molar-refractivity contribution is -0.121. The van der Waals surface area contributed by atoms with E-state index in [0.717, 1.165) is 30.4 Å². The molecule has 0 radical (unpaired) electrons. The first-order valence-electron chi connectivity index (χ1n) is 9.47. The molecule has 7 heteroatoms. The normalized spacial score (nSPS) is 27.6. The summed E-state index contributed by atoms with van der Waals surface area (Å²) in [5.41, 5.74) is 1.31. The highest BCUT2D eigenvalue weighted by atomic mass is 16.5. The predicted molar refractivity (Wildman–Crippen MR) is 101 cm³/mol. The molecule has 2 fully saturated rings. The number of hydrogen-bond donors (Lipinski definition) is 1. The molecule has 0 aromatic carbocycles. The Bertz CT molecular complexity index is 877. The van der Waals surface area contributed by atoms with Crippen LogP contribution in [-0.4, -0.2) is 58.6 Å². The van der Waals surface area contributed by atoms with Crippen molar-refractivity contribution >= 4 is 22.8 Å². The number of aromatic nitrogens is 2. The van der Waals surface area contributed by atoms with Gasteiger partial charge in [-0.15, -0.1) is 0 Å². The summed E-state index contributed by atoms with van der Waals surface area (Å²) in [6.07, 6.45) is 3.66. The van der Waals surface area contributed by atoms with Crippen LogP contribution >= 0.6 is 0 Å². The van der Waals surface area contributed by atoms with Crippen molar-refractivity contribution in [1.82, 2.24) is 19.8 Å². The van der Waals surface area contributed by atoms with Gasteiger partial charge in [0, 0.05) is 45.8 Å². The van der Waals surface area contributed by atoms with Crippen molar-refractivity contribution in [2.24, 2.45) is 18.9 Å². The van der Waals surface area contributed by atoms with E-state index >= 15 is 0 Å². The highest BCUT2D eigenvalue weighted by Gasteiger charge is 2.44. The van der Waals surface area contributed by atoms with E-state index in [1.165, 1.54) is 6.92 Å². The maximum Gasteiger partial charge on any atom is 0.272 e. The minimum Gasteiger partial charge on any atom is -0.379 e. The standard InChI is InChI=1S/C20H26N4O3/c1-12(25)21-17-8-14-10-24(11-15(14)9-18(17)27-3)20(26)16-5-4-13-6-7-23(2)19(13)22-16/h4-7,14-15,17-18H,8-11H2,1-3H3,(H,21,25)/t14-,15+,17-,18-/m1/s1. The van der Waals surface area contributed by atoms with Gasteiger partial charge in [-0.3, -0.25) is 9.59 Å². The van der Waals surface area contributed by atoms with Crippen molar-refractivity contribution < 1.29 is 14.3 Å². The third-order valence-electron chi connectivity index (χ3n) is 6.03. The van der Waals surface area contributed by atoms with Gasteiger partial charge in [-0.1, -0.05) is 0 Å². The number of nitrogens with zero attached hydrogens (tertiary/aromatic N) is 3. The first-order valence-corrected chi connectivity index (χ1v) is 9.47. The predicted octanol–water partition coefficient (Wildman–Crippen LogP) is 1.57. The minimum atomic E-state index is -0.0356. The number of carbonyl (C=O) groups excluding carboxylic acids is 2. The van der Waals surface area contributed by atoms with Crippen LogP contribution in [0.15, 0.2) is 24.4 Å². The molecule has 3 heterocycles. The van der Waals surface area contributed by atoms with Gasteiger partial charge in [0.25, 0.3) is 5.91 Å². The van der Waals surface area contributed by atoms with Crippen molar-refractivity contribution in [1.29, 1.82) is 0 Å². The largest absolute Gasteiger partial charge is 0.379 e. The lowest BCUT2D eigenvalue weighted by atomic mass is 9.77. The Hall–Kier alpha value is -2.41. The SMILES string of the molecule is CO[C@@H]1C[C@H]2CN(C(=O)c3ccc4ccn(C)c4n3)C[C@H]2C[C@H]1NC(C)=O. The van der Waals surface area contributed by atoms with Crippen LogP contribution in [0.1, 0.15) is 30.3 Å². The maximum absolute atomic E-state index is 13.0. The molecule has 0 spiro atoms. The Labute approximate surface area is 158 Å². The zero-order valence-corrected chi connectivity index (χ0v) is 16.0. The lowest BCUT2D eigenvalue weighted by Crippen LogP contribution is -2.49. The fourth-order valence-electron chi connectivity index (χ4n) is 4.67. The fraction of sp³-hybridized carbons (Fsp3) is 0.550. The zero-order valence-electron chi connectivity index (χ0n) is 16.0. The van der Waals surface area contributed by atoms with Gasteiger partial charge in [0.15, 0.2) is 0 Å². The summed E-state index contributed by atoms with van der Waals surface area (Å²) >= 11 is 0. The van der Waals surface area contributed by atoms with E-state index in [9.17, 15) is 9.59 Å². The van der Waals surface area contributed by atoms with Gasteiger partial charge in [0.2, 0.25) is 5.91 Å². The summed E-state index contributed by atoms with van der Waals surface area (Å²) in [5, 5.41) is 4.04. The van der Waals surface area contributed by atoms with Crippen molar-refractivity contribution in [3.05, 3.63) is 30.1 Å². The van der Waals surface area contributed by atoms with Gasteiger partial charge in [0.1, 0.15) is 11.3 Å². The molecule has 0 bridgehead atoms. The molecule has 2 amide bonds. The van der Waals surface area contributed by atoms with Crippen molar-refractivity contribution in [3.8, 4) is 0 Å². The number of aryl methyl sites for hydroxylation is 1. The Balaban J connectivity index is 1.50. The second-order valence-corrected chi connectivity index (χ2v) is 7.82. The molecule has 1 aliphatic carbocycles. The zero-order chi connectivity index (χ0) is 19.1. The molecule has 2 aromatic heterocycles. The first-order chi connectivity index (χ1) is 13.0. The molecule has 1 saturated heterocycles. The van der Waals surface area contributed by atoms with E-state index in [4.69, 9.17) is 4.74 Å². The first kappa shape index (κ1) is 18.0. The average Bonchev–Trinajstić information content (AvgIpc) is 3.23. The Morgan fingerprint density at radius 2 is 1.93 bits per heavy atom. The third-order valence-corrected chi connectivity index (χ3v) is 6.03. The molecule has 2 aromatic rings. The second-order valence-electron chi connectivity index (χ2n) is 7.82. The number of nitrogens with one attached hydrogen (secondary N) is 1. The Morgan fingerprint density at radius 3 is 2.63 bits per heavy atom. The molecule has 2 aliphatic rings. The van der Waals surface area contributed by atoms with E-state index in [1.54, 1.807) is 7.11 Å². The summed E-state index contributed by atoms with van der Waals surface area (Å²) < 4.78 is 7.54. The van der Waals surface area contributed by atoms with E-state index in [1.807, 2.05) is 40.9 Å². The lowest BCUT2D eigenvalue weighted by Gasteiger charge is -2.37. The summed E-state index contributed by atoms with van der Waals surface area (Å²) in [5.74, 6) is 0.739. The molecular weight excluding hydrogens is 344 g/mol. The number of ether oxygens (including phenoxy) is 1. The van der Waals surface area contributed by atoms with Crippen LogP contribution in [0, 0.1) is 11.8 Å². The maximum atomic E-state index is 13.0. The number of carbonyl (C=O) groups is 2. The van der Waals surface area contributed by atoms with Crippen LogP contribution in [0.25, 0.3) is 11.0 Å². The van der Waals surface area contributed by atoms with E-state index in [0.29, 0.717) is 24.1 Å². The van der Waals surface area contributed by atoms with Crippen molar-refractivity contribution in [2.45, 2.75) is 31.9 Å². The highest BCUT2D eigenvalue weighted by Crippen LogP contribution is 2.38. The number of hydrogen-bond acceptors (Lipinski definition) is 4. The summed E-state index contributed by atoms with van der Waals surface area (Å²) in [6.45, 7) is 2.97. The van der Waals surface area contributed by atoms with Crippen LogP contribution in [0.3, 0.4) is 0 Å². The number of pyridine rings is 1. The van der Waals surface area contributed by atoms with E-state index in [-0.39, 0.29) is 24.0 Å². The van der Waals surface area contributed by atoms with Crippen molar-refractivity contribution in [3.63, 3.8) is 0 Å². The summed E-state index contributed by atoms with van der Waals surface area (Å²) in [7, 11) is 3.62. The average molecular weight is 370 g/mol. The molecule has 1 aliphatic heterocycles. The number of methoxy groups -OCH3 is 1. The van der Waals surface area contributed by atoms with E-state index < -0.39 is 0 Å². The number of fused-ring (bicyclic) bond motifs is 2. The molecule has 0 unspecified atom stereocenters. The second kappa shape index (κ2) is 6.96. The Morgan fingerprint density at radius 1 is 1.19 bits per heavy atom. The minimum absolute atomic E-state index is 0.00282. The topological polar surface area (TPSA) is 76.5 Å². The number of amides is 2.